The van der Waals surface area contributed by atoms with Gasteiger partial charge < -0.3 is 0 Å². The zero-order chi connectivity index (χ0) is 42.2. The molecule has 0 fully saturated rings. The van der Waals surface area contributed by atoms with Crippen molar-refractivity contribution in [2.24, 2.45) is 0 Å². The van der Waals surface area contributed by atoms with Crippen molar-refractivity contribution in [2.45, 2.75) is 0 Å². The average Bonchev–Trinajstić information content (AvgIpc) is 4.03. The topological polar surface area (TPSA) is 22.8 Å². The van der Waals surface area contributed by atoms with E-state index in [9.17, 15) is 0 Å². The van der Waals surface area contributed by atoms with Crippen molar-refractivity contribution < 1.29 is 0 Å². The molecule has 4 heterocycles. The number of nitrogens with zero attached hydrogens (tertiary/aromatic N) is 3. The van der Waals surface area contributed by atoms with Crippen molar-refractivity contribution in [1.82, 2.24) is 14.1 Å². The first-order valence-electron chi connectivity index (χ1n) is 21.9. The van der Waals surface area contributed by atoms with Crippen LogP contribution in [0.5, 0.6) is 0 Å². The molecule has 0 spiro atoms. The second-order valence-corrected chi connectivity index (χ2v) is 21.6. The van der Waals surface area contributed by atoms with Gasteiger partial charge in [-0.25, -0.2) is 4.98 Å². The van der Waals surface area contributed by atoms with Gasteiger partial charge in [-0.05, 0) is 80.4 Å². The molecule has 300 valence electrons. The van der Waals surface area contributed by atoms with Crippen LogP contribution in [0.2, 0.25) is 0 Å². The molecule has 0 aliphatic rings. The average molecular weight is 850 g/mol. The number of aromatic nitrogens is 3. The van der Waals surface area contributed by atoms with Gasteiger partial charge in [0.1, 0.15) is 11.6 Å². The Morgan fingerprint density at radius 1 is 0.297 bits per heavy atom. The summed E-state index contributed by atoms with van der Waals surface area (Å²) in [4.78, 5) is 5.64. The molecule has 0 saturated carbocycles. The molecular weight excluding hydrogens is 811 g/mol. The first kappa shape index (κ1) is 36.8. The number of benzene rings is 9. The number of thiophene rings is 1. The molecule has 64 heavy (non-hydrogen) atoms. The first-order chi connectivity index (χ1) is 31.7. The van der Waals surface area contributed by atoms with Crippen LogP contribution in [0.15, 0.2) is 237 Å². The Bertz CT molecular complexity index is 3640. The molecular formula is C59H39N3SSi. The Labute approximate surface area is 375 Å². The smallest absolute Gasteiger partial charge is 0.179 e. The first-order valence-corrected chi connectivity index (χ1v) is 24.7. The molecule has 0 unspecified atom stereocenters. The Morgan fingerprint density at radius 2 is 0.719 bits per heavy atom. The fraction of sp³-hybridized carbons (Fsp3) is 0. The second kappa shape index (κ2) is 14.6. The molecule has 5 heteroatoms. The molecule has 0 aliphatic heterocycles. The van der Waals surface area contributed by atoms with Gasteiger partial charge in [-0.2, -0.15) is 0 Å². The number of para-hydroxylation sites is 4. The predicted molar refractivity (Wildman–Crippen MR) is 275 cm³/mol. The summed E-state index contributed by atoms with van der Waals surface area (Å²) < 4.78 is 7.33. The quantitative estimate of drug-likeness (QED) is 0.116. The van der Waals surface area contributed by atoms with Gasteiger partial charge in [0.15, 0.2) is 8.07 Å². The normalized spacial score (nSPS) is 12.1. The highest BCUT2D eigenvalue weighted by molar-refractivity contribution is 7.26. The maximum atomic E-state index is 5.64. The van der Waals surface area contributed by atoms with E-state index < -0.39 is 8.07 Å². The molecule has 4 aromatic heterocycles. The Balaban J connectivity index is 1.11. The summed E-state index contributed by atoms with van der Waals surface area (Å²) in [7, 11) is -2.94. The number of pyridine rings is 1. The fourth-order valence-electron chi connectivity index (χ4n) is 10.5. The van der Waals surface area contributed by atoms with Crippen LogP contribution in [0.25, 0.3) is 86.5 Å². The SMILES string of the molecule is c1ccc([Si](c2ccccc2)(c2cccc(-c3cc(-n4c5ccccc5c5ccccc54)nc(-n4c5ccccc5c5ccccc54)c3)c2)c2ccc3sc4ccccc4c3c2)cc1. The van der Waals surface area contributed by atoms with E-state index in [2.05, 4.69) is 246 Å². The van der Waals surface area contributed by atoms with E-state index >= 15 is 0 Å². The Kier molecular flexibility index (Phi) is 8.41. The molecule has 0 N–H and O–H groups in total. The highest BCUT2D eigenvalue weighted by Crippen LogP contribution is 2.37. The van der Waals surface area contributed by atoms with Crippen molar-refractivity contribution in [3.05, 3.63) is 237 Å². The lowest BCUT2D eigenvalue weighted by atomic mass is 10.1. The van der Waals surface area contributed by atoms with E-state index in [-0.39, 0.29) is 0 Å². The van der Waals surface area contributed by atoms with Crippen LogP contribution < -0.4 is 20.7 Å². The minimum atomic E-state index is -2.94. The van der Waals surface area contributed by atoms with Gasteiger partial charge in [0.2, 0.25) is 0 Å². The summed E-state index contributed by atoms with van der Waals surface area (Å²) in [6, 6.07) is 87.6. The fourth-order valence-corrected chi connectivity index (χ4v) is 16.4. The van der Waals surface area contributed by atoms with Crippen molar-refractivity contribution in [2.75, 3.05) is 0 Å². The van der Waals surface area contributed by atoms with E-state index in [1.165, 1.54) is 62.5 Å². The third-order valence-electron chi connectivity index (χ3n) is 13.3. The lowest BCUT2D eigenvalue weighted by molar-refractivity contribution is 1.01. The lowest BCUT2D eigenvalue weighted by Gasteiger charge is -2.35. The van der Waals surface area contributed by atoms with E-state index in [0.29, 0.717) is 0 Å². The lowest BCUT2D eigenvalue weighted by Crippen LogP contribution is -2.74. The van der Waals surface area contributed by atoms with Crippen molar-refractivity contribution in [3.63, 3.8) is 0 Å². The minimum absolute atomic E-state index is 0.876. The summed E-state index contributed by atoms with van der Waals surface area (Å²) in [5.74, 6) is 1.75. The maximum Gasteiger partial charge on any atom is 0.179 e. The van der Waals surface area contributed by atoms with Crippen LogP contribution in [0.1, 0.15) is 0 Å². The van der Waals surface area contributed by atoms with Gasteiger partial charge in [-0.15, -0.1) is 11.3 Å². The molecule has 0 radical (unpaired) electrons. The van der Waals surface area contributed by atoms with Crippen molar-refractivity contribution >= 4 is 104 Å². The van der Waals surface area contributed by atoms with E-state index in [4.69, 9.17) is 4.98 Å². The molecule has 3 nitrogen and oxygen atoms in total. The molecule has 0 amide bonds. The number of hydrogen-bond donors (Lipinski definition) is 0. The maximum absolute atomic E-state index is 5.64. The van der Waals surface area contributed by atoms with E-state index in [1.807, 2.05) is 11.3 Å². The van der Waals surface area contributed by atoms with Gasteiger partial charge in [0.25, 0.3) is 0 Å². The Morgan fingerprint density at radius 3 is 1.25 bits per heavy atom. The van der Waals surface area contributed by atoms with Crippen LogP contribution >= 0.6 is 11.3 Å². The molecule has 13 aromatic rings. The summed E-state index contributed by atoms with van der Waals surface area (Å²) in [5.41, 5.74) is 6.78. The predicted octanol–water partition coefficient (Wildman–Crippen LogP) is 12.7. The zero-order valence-corrected chi connectivity index (χ0v) is 36.6. The molecule has 0 saturated heterocycles. The summed E-state index contributed by atoms with van der Waals surface area (Å²) in [5, 5.41) is 12.9. The summed E-state index contributed by atoms with van der Waals surface area (Å²) in [6.07, 6.45) is 0. The van der Waals surface area contributed by atoms with E-state index in [1.54, 1.807) is 0 Å². The largest absolute Gasteiger partial charge is 0.294 e. The third-order valence-corrected chi connectivity index (χ3v) is 19.2. The number of rotatable bonds is 7. The van der Waals surface area contributed by atoms with Crippen LogP contribution in [-0.4, -0.2) is 22.2 Å². The van der Waals surface area contributed by atoms with Gasteiger partial charge >= 0.3 is 0 Å². The highest BCUT2D eigenvalue weighted by Gasteiger charge is 2.42. The standard InChI is InChI=1S/C59H39N3SSi/c1-3-19-42(20-4-1)64(43-21-5-2-6-22-43,45-34-35-57-51(39-45)50-28-11-16-33-56(50)63-57)44-23-17-18-40(36-44)41-37-58(61-52-29-12-7-24-46(52)47-25-8-13-30-53(47)61)60-59(38-41)62-54-31-14-9-26-48(54)49-27-10-15-32-55(49)62/h1-39H. The molecule has 0 aliphatic carbocycles. The van der Waals surface area contributed by atoms with Crippen molar-refractivity contribution in [1.29, 1.82) is 0 Å². The zero-order valence-electron chi connectivity index (χ0n) is 34.8. The highest BCUT2D eigenvalue weighted by atomic mass is 32.1. The summed E-state index contributed by atoms with van der Waals surface area (Å²) >= 11 is 1.88. The van der Waals surface area contributed by atoms with Gasteiger partial charge in [0.05, 0.1) is 22.1 Å². The second-order valence-electron chi connectivity index (χ2n) is 16.7. The van der Waals surface area contributed by atoms with Crippen LogP contribution in [0.4, 0.5) is 0 Å². The Hall–Kier alpha value is -7.83. The van der Waals surface area contributed by atoms with Crippen LogP contribution in [0, 0.1) is 0 Å². The van der Waals surface area contributed by atoms with Gasteiger partial charge in [0, 0.05) is 41.7 Å². The number of fused-ring (bicyclic) bond motifs is 9. The van der Waals surface area contributed by atoms with Crippen LogP contribution in [-0.2, 0) is 0 Å². The minimum Gasteiger partial charge on any atom is -0.294 e. The number of hydrogen-bond acceptors (Lipinski definition) is 2. The third kappa shape index (κ3) is 5.55. The molecule has 13 rings (SSSR count). The molecule has 0 atom stereocenters. The molecule has 9 aromatic carbocycles. The van der Waals surface area contributed by atoms with Crippen molar-refractivity contribution in [3.8, 4) is 22.8 Å². The monoisotopic (exact) mass is 849 g/mol. The van der Waals surface area contributed by atoms with Crippen LogP contribution in [0.3, 0.4) is 0 Å². The summed E-state index contributed by atoms with van der Waals surface area (Å²) in [6.45, 7) is 0. The van der Waals surface area contributed by atoms with Gasteiger partial charge in [-0.1, -0.05) is 188 Å². The van der Waals surface area contributed by atoms with Gasteiger partial charge in [-0.3, -0.25) is 9.13 Å². The van der Waals surface area contributed by atoms with E-state index in [0.717, 1.165) is 44.8 Å². The molecule has 0 bridgehead atoms.